The summed E-state index contributed by atoms with van der Waals surface area (Å²) in [6, 6.07) is 10.7. The monoisotopic (exact) mass is 378 g/mol. The summed E-state index contributed by atoms with van der Waals surface area (Å²) in [5.74, 6) is 0.102. The number of sulfonamides is 1. The summed E-state index contributed by atoms with van der Waals surface area (Å²) in [5, 5.41) is 0. The Morgan fingerprint density at radius 3 is 2.27 bits per heavy atom. The number of amides is 1. The molecular formula is C18H22N2O5S. The van der Waals surface area contributed by atoms with Crippen molar-refractivity contribution >= 4 is 21.6 Å². The van der Waals surface area contributed by atoms with Crippen molar-refractivity contribution in [3.63, 3.8) is 0 Å². The topological polar surface area (TPSA) is 98.9 Å². The molecule has 0 saturated heterocycles. The molecule has 0 aliphatic heterocycles. The van der Waals surface area contributed by atoms with Crippen LogP contribution in [-0.2, 0) is 10.0 Å². The number of nitrogens with zero attached hydrogens (tertiary/aromatic N) is 1. The van der Waals surface area contributed by atoms with Crippen LogP contribution >= 0.6 is 0 Å². The number of carbonyl (C=O) groups is 1. The minimum atomic E-state index is -3.93. The SMILES string of the molecule is CCOc1ccc(S(=O)(=O)N(C)c2ccccc2C(N)=O)cc1OCC. The molecule has 140 valence electrons. The first-order chi connectivity index (χ1) is 12.3. The number of benzene rings is 2. The van der Waals surface area contributed by atoms with Gasteiger partial charge in [0.25, 0.3) is 15.9 Å². The Hall–Kier alpha value is -2.74. The van der Waals surface area contributed by atoms with E-state index < -0.39 is 15.9 Å². The van der Waals surface area contributed by atoms with Gasteiger partial charge in [0.1, 0.15) is 0 Å². The van der Waals surface area contributed by atoms with E-state index in [1.165, 1.54) is 31.3 Å². The van der Waals surface area contributed by atoms with Gasteiger partial charge in [0.05, 0.1) is 29.4 Å². The molecule has 0 saturated carbocycles. The second kappa shape index (κ2) is 8.09. The highest BCUT2D eigenvalue weighted by molar-refractivity contribution is 7.92. The Labute approximate surface area is 153 Å². The summed E-state index contributed by atoms with van der Waals surface area (Å²) in [4.78, 5) is 11.6. The van der Waals surface area contributed by atoms with Crippen LogP contribution in [0.15, 0.2) is 47.4 Å². The van der Waals surface area contributed by atoms with Crippen molar-refractivity contribution in [2.45, 2.75) is 18.7 Å². The highest BCUT2D eigenvalue weighted by Gasteiger charge is 2.25. The fraction of sp³-hybridized carbons (Fsp3) is 0.278. The number of nitrogens with two attached hydrogens (primary N) is 1. The van der Waals surface area contributed by atoms with E-state index in [4.69, 9.17) is 15.2 Å². The highest BCUT2D eigenvalue weighted by atomic mass is 32.2. The number of anilines is 1. The minimum absolute atomic E-state index is 0.0196. The van der Waals surface area contributed by atoms with Gasteiger partial charge in [-0.05, 0) is 38.1 Å². The second-order valence-corrected chi connectivity index (χ2v) is 7.30. The summed E-state index contributed by atoms with van der Waals surface area (Å²) in [6.07, 6.45) is 0. The van der Waals surface area contributed by atoms with Gasteiger partial charge in [-0.3, -0.25) is 9.10 Å². The molecule has 0 bridgehead atoms. The summed E-state index contributed by atoms with van der Waals surface area (Å²) in [6.45, 7) is 4.42. The Bertz CT molecular complexity index is 896. The summed E-state index contributed by atoms with van der Waals surface area (Å²) in [5.41, 5.74) is 5.67. The maximum atomic E-state index is 13.0. The summed E-state index contributed by atoms with van der Waals surface area (Å²) >= 11 is 0. The van der Waals surface area contributed by atoms with Gasteiger partial charge in [0.15, 0.2) is 11.5 Å². The molecule has 0 aliphatic rings. The van der Waals surface area contributed by atoms with Crippen LogP contribution in [0.4, 0.5) is 5.69 Å². The van der Waals surface area contributed by atoms with Crippen molar-refractivity contribution in [2.75, 3.05) is 24.6 Å². The van der Waals surface area contributed by atoms with E-state index in [1.807, 2.05) is 6.92 Å². The lowest BCUT2D eigenvalue weighted by atomic mass is 10.2. The highest BCUT2D eigenvalue weighted by Crippen LogP contribution is 2.33. The predicted molar refractivity (Wildman–Crippen MR) is 99.3 cm³/mol. The quantitative estimate of drug-likeness (QED) is 0.760. The largest absolute Gasteiger partial charge is 0.490 e. The predicted octanol–water partition coefficient (Wildman–Crippen LogP) is 2.41. The van der Waals surface area contributed by atoms with Crippen LogP contribution in [0.1, 0.15) is 24.2 Å². The molecule has 1 amide bonds. The van der Waals surface area contributed by atoms with Gasteiger partial charge in [-0.1, -0.05) is 12.1 Å². The van der Waals surface area contributed by atoms with E-state index in [0.29, 0.717) is 24.7 Å². The van der Waals surface area contributed by atoms with Crippen LogP contribution in [-0.4, -0.2) is 34.6 Å². The standard InChI is InChI=1S/C18H22N2O5S/c1-4-24-16-11-10-13(12-17(16)25-5-2)26(22,23)20(3)15-9-7-6-8-14(15)18(19)21/h6-12H,4-5H2,1-3H3,(H2,19,21). The molecule has 7 nitrogen and oxygen atoms in total. The first-order valence-electron chi connectivity index (χ1n) is 8.10. The first-order valence-corrected chi connectivity index (χ1v) is 9.54. The first kappa shape index (κ1) is 19.6. The molecule has 2 rings (SSSR count). The van der Waals surface area contributed by atoms with E-state index >= 15 is 0 Å². The Morgan fingerprint density at radius 2 is 1.65 bits per heavy atom. The third-order valence-corrected chi connectivity index (χ3v) is 5.45. The molecule has 2 aromatic carbocycles. The van der Waals surface area contributed by atoms with Crippen molar-refractivity contribution in [2.24, 2.45) is 5.73 Å². The average molecular weight is 378 g/mol. The molecule has 0 atom stereocenters. The van der Waals surface area contributed by atoms with Gasteiger partial charge in [-0.15, -0.1) is 0 Å². The van der Waals surface area contributed by atoms with Gasteiger partial charge < -0.3 is 15.2 Å². The van der Waals surface area contributed by atoms with E-state index in [-0.39, 0.29) is 16.1 Å². The normalized spacial score (nSPS) is 11.0. The van der Waals surface area contributed by atoms with Gasteiger partial charge in [0.2, 0.25) is 0 Å². The molecule has 2 aromatic rings. The van der Waals surface area contributed by atoms with E-state index in [0.717, 1.165) is 4.31 Å². The van der Waals surface area contributed by atoms with E-state index in [9.17, 15) is 13.2 Å². The molecule has 0 unspecified atom stereocenters. The van der Waals surface area contributed by atoms with Crippen molar-refractivity contribution in [3.05, 3.63) is 48.0 Å². The third-order valence-electron chi connectivity index (χ3n) is 3.68. The number of ether oxygens (including phenoxy) is 2. The van der Waals surface area contributed by atoms with E-state index in [2.05, 4.69) is 0 Å². The second-order valence-electron chi connectivity index (χ2n) is 5.33. The Balaban J connectivity index is 2.50. The van der Waals surface area contributed by atoms with Crippen molar-refractivity contribution < 1.29 is 22.7 Å². The van der Waals surface area contributed by atoms with Crippen molar-refractivity contribution in [3.8, 4) is 11.5 Å². The van der Waals surface area contributed by atoms with Gasteiger partial charge >= 0.3 is 0 Å². The lowest BCUT2D eigenvalue weighted by molar-refractivity contribution is 0.100. The van der Waals surface area contributed by atoms with Crippen LogP contribution in [0.3, 0.4) is 0 Å². The zero-order chi connectivity index (χ0) is 19.3. The van der Waals surface area contributed by atoms with Crippen LogP contribution in [0, 0.1) is 0 Å². The van der Waals surface area contributed by atoms with Crippen molar-refractivity contribution in [1.82, 2.24) is 0 Å². The number of rotatable bonds is 8. The molecule has 0 radical (unpaired) electrons. The third kappa shape index (κ3) is 3.91. The Morgan fingerprint density at radius 1 is 1.04 bits per heavy atom. The summed E-state index contributed by atoms with van der Waals surface area (Å²) in [7, 11) is -2.56. The number of primary amides is 1. The van der Waals surface area contributed by atoms with Crippen molar-refractivity contribution in [1.29, 1.82) is 0 Å². The fourth-order valence-electron chi connectivity index (χ4n) is 2.44. The zero-order valence-electron chi connectivity index (χ0n) is 14.9. The lowest BCUT2D eigenvalue weighted by Crippen LogP contribution is -2.29. The van der Waals surface area contributed by atoms with Crippen LogP contribution in [0.25, 0.3) is 0 Å². The lowest BCUT2D eigenvalue weighted by Gasteiger charge is -2.22. The number of carbonyl (C=O) groups excluding carboxylic acids is 1. The van der Waals surface area contributed by atoms with E-state index in [1.54, 1.807) is 25.1 Å². The van der Waals surface area contributed by atoms with Gasteiger partial charge in [-0.25, -0.2) is 8.42 Å². The molecular weight excluding hydrogens is 356 g/mol. The van der Waals surface area contributed by atoms with Crippen LogP contribution < -0.4 is 19.5 Å². The Kier molecular flexibility index (Phi) is 6.10. The molecule has 0 aromatic heterocycles. The van der Waals surface area contributed by atoms with Crippen LogP contribution in [0.5, 0.6) is 11.5 Å². The molecule has 0 heterocycles. The molecule has 8 heteroatoms. The molecule has 2 N–H and O–H groups in total. The number of hydrogen-bond donors (Lipinski definition) is 1. The summed E-state index contributed by atoms with van der Waals surface area (Å²) < 4.78 is 38.0. The maximum Gasteiger partial charge on any atom is 0.264 e. The van der Waals surface area contributed by atoms with Gasteiger partial charge in [0, 0.05) is 13.1 Å². The van der Waals surface area contributed by atoms with Gasteiger partial charge in [-0.2, -0.15) is 0 Å². The zero-order valence-corrected chi connectivity index (χ0v) is 15.7. The molecule has 0 aliphatic carbocycles. The smallest absolute Gasteiger partial charge is 0.264 e. The maximum absolute atomic E-state index is 13.0. The number of para-hydroxylation sites is 1. The molecule has 0 fully saturated rings. The minimum Gasteiger partial charge on any atom is -0.490 e. The fourth-order valence-corrected chi connectivity index (χ4v) is 3.67. The molecule has 26 heavy (non-hydrogen) atoms. The molecule has 0 spiro atoms. The average Bonchev–Trinajstić information content (AvgIpc) is 2.62. The number of hydrogen-bond acceptors (Lipinski definition) is 5. The van der Waals surface area contributed by atoms with Crippen LogP contribution in [0.2, 0.25) is 0 Å².